The standard InChI is InChI=1S/C16H19F4NO2/c1-2-3-9-12(17)14(22)21-13(11-7-5-4-6-8-11)10-23-15(21)16(18,19)20/h4-8,12-13,15H,2-3,9-10H2,1H3. The van der Waals surface area contributed by atoms with Gasteiger partial charge in [0.05, 0.1) is 12.6 Å². The Balaban J connectivity index is 2.27. The molecule has 3 atom stereocenters. The maximum Gasteiger partial charge on any atom is 0.433 e. The Morgan fingerprint density at radius 2 is 2.00 bits per heavy atom. The van der Waals surface area contributed by atoms with Crippen molar-refractivity contribution in [2.24, 2.45) is 0 Å². The highest BCUT2D eigenvalue weighted by Gasteiger charge is 2.54. The van der Waals surface area contributed by atoms with E-state index in [1.54, 1.807) is 30.3 Å². The van der Waals surface area contributed by atoms with E-state index < -0.39 is 30.5 Å². The van der Waals surface area contributed by atoms with Gasteiger partial charge in [0.25, 0.3) is 5.91 Å². The first kappa shape index (κ1) is 17.7. The lowest BCUT2D eigenvalue weighted by atomic mass is 10.1. The van der Waals surface area contributed by atoms with Crippen molar-refractivity contribution in [3.05, 3.63) is 35.9 Å². The van der Waals surface area contributed by atoms with Crippen LogP contribution in [0.5, 0.6) is 0 Å². The van der Waals surface area contributed by atoms with E-state index in [9.17, 15) is 22.4 Å². The average Bonchev–Trinajstić information content (AvgIpc) is 2.97. The molecule has 1 amide bonds. The Labute approximate surface area is 132 Å². The summed E-state index contributed by atoms with van der Waals surface area (Å²) in [4.78, 5) is 12.8. The van der Waals surface area contributed by atoms with Crippen LogP contribution in [0.3, 0.4) is 0 Å². The van der Waals surface area contributed by atoms with Crippen molar-refractivity contribution in [1.82, 2.24) is 4.90 Å². The zero-order chi connectivity index (χ0) is 17.0. The highest BCUT2D eigenvalue weighted by atomic mass is 19.4. The molecule has 0 bridgehead atoms. The Bertz CT molecular complexity index is 521. The fourth-order valence-electron chi connectivity index (χ4n) is 2.63. The number of amides is 1. The second-order valence-corrected chi connectivity index (χ2v) is 5.51. The van der Waals surface area contributed by atoms with Gasteiger partial charge in [-0.2, -0.15) is 13.2 Å². The van der Waals surface area contributed by atoms with Crippen LogP contribution in [0, 0.1) is 0 Å². The van der Waals surface area contributed by atoms with Gasteiger partial charge in [-0.15, -0.1) is 0 Å². The van der Waals surface area contributed by atoms with Gasteiger partial charge >= 0.3 is 6.18 Å². The summed E-state index contributed by atoms with van der Waals surface area (Å²) in [5.41, 5.74) is 0.496. The average molecular weight is 333 g/mol. The molecule has 7 heteroatoms. The second kappa shape index (κ2) is 7.29. The normalized spacial score (nSPS) is 23.1. The number of carbonyl (C=O) groups excluding carboxylic acids is 1. The summed E-state index contributed by atoms with van der Waals surface area (Å²) >= 11 is 0. The van der Waals surface area contributed by atoms with Crippen LogP contribution >= 0.6 is 0 Å². The molecule has 3 unspecified atom stereocenters. The van der Waals surface area contributed by atoms with Crippen LogP contribution in [-0.2, 0) is 9.53 Å². The SMILES string of the molecule is CCCCC(F)C(=O)N1C(c2ccccc2)COC1C(F)(F)F. The lowest BCUT2D eigenvalue weighted by Gasteiger charge is -2.30. The number of alkyl halides is 4. The van der Waals surface area contributed by atoms with E-state index in [-0.39, 0.29) is 13.0 Å². The molecule has 1 aromatic rings. The van der Waals surface area contributed by atoms with Gasteiger partial charge in [-0.1, -0.05) is 50.1 Å². The zero-order valence-corrected chi connectivity index (χ0v) is 12.7. The maximum atomic E-state index is 14.1. The van der Waals surface area contributed by atoms with Crippen molar-refractivity contribution < 1.29 is 27.1 Å². The molecule has 3 nitrogen and oxygen atoms in total. The van der Waals surface area contributed by atoms with Crippen LogP contribution in [0.4, 0.5) is 17.6 Å². The Morgan fingerprint density at radius 3 is 2.57 bits per heavy atom. The van der Waals surface area contributed by atoms with Crippen LogP contribution in [-0.4, -0.2) is 36.0 Å². The molecule has 0 saturated carbocycles. The van der Waals surface area contributed by atoms with E-state index >= 15 is 0 Å². The van der Waals surface area contributed by atoms with Gasteiger partial charge in [0, 0.05) is 0 Å². The highest BCUT2D eigenvalue weighted by Crippen LogP contribution is 2.39. The third-order valence-electron chi connectivity index (χ3n) is 3.80. The van der Waals surface area contributed by atoms with E-state index in [0.717, 1.165) is 0 Å². The molecule has 23 heavy (non-hydrogen) atoms. The van der Waals surface area contributed by atoms with Gasteiger partial charge in [-0.3, -0.25) is 9.69 Å². The van der Waals surface area contributed by atoms with E-state index in [1.165, 1.54) is 0 Å². The van der Waals surface area contributed by atoms with Crippen LogP contribution in [0.2, 0.25) is 0 Å². The number of hydrogen-bond acceptors (Lipinski definition) is 2. The molecule has 0 N–H and O–H groups in total. The van der Waals surface area contributed by atoms with Gasteiger partial charge in [0.2, 0.25) is 6.23 Å². The van der Waals surface area contributed by atoms with Crippen molar-refractivity contribution in [2.75, 3.05) is 6.61 Å². The minimum Gasteiger partial charge on any atom is -0.347 e. The summed E-state index contributed by atoms with van der Waals surface area (Å²) in [6.07, 6.45) is -8.10. The molecule has 0 spiro atoms. The van der Waals surface area contributed by atoms with Crippen LogP contribution in [0.1, 0.15) is 37.8 Å². The summed E-state index contributed by atoms with van der Waals surface area (Å²) in [7, 11) is 0. The summed E-state index contributed by atoms with van der Waals surface area (Å²) in [6.45, 7) is 1.52. The number of hydrogen-bond donors (Lipinski definition) is 0. The number of rotatable bonds is 5. The van der Waals surface area contributed by atoms with Gasteiger partial charge in [0.15, 0.2) is 6.17 Å². The van der Waals surface area contributed by atoms with Crippen molar-refractivity contribution >= 4 is 5.91 Å². The number of benzene rings is 1. The first-order chi connectivity index (χ1) is 10.9. The summed E-state index contributed by atoms with van der Waals surface area (Å²) in [5, 5.41) is 0. The third kappa shape index (κ3) is 4.02. The largest absolute Gasteiger partial charge is 0.433 e. The minimum atomic E-state index is -4.76. The number of carbonyl (C=O) groups is 1. The number of nitrogens with zero attached hydrogens (tertiary/aromatic N) is 1. The van der Waals surface area contributed by atoms with E-state index in [4.69, 9.17) is 4.74 Å². The molecule has 1 aliphatic heterocycles. The Kier molecular flexibility index (Phi) is 5.62. The molecule has 0 aromatic heterocycles. The molecule has 2 rings (SSSR count). The second-order valence-electron chi connectivity index (χ2n) is 5.51. The molecule has 0 radical (unpaired) electrons. The molecule has 1 fully saturated rings. The van der Waals surface area contributed by atoms with Crippen molar-refractivity contribution in [2.45, 2.75) is 50.8 Å². The Hall–Kier alpha value is -1.63. The number of ether oxygens (including phenoxy) is 1. The monoisotopic (exact) mass is 333 g/mol. The van der Waals surface area contributed by atoms with Crippen molar-refractivity contribution in [1.29, 1.82) is 0 Å². The van der Waals surface area contributed by atoms with Crippen LogP contribution in [0.15, 0.2) is 30.3 Å². The van der Waals surface area contributed by atoms with Crippen LogP contribution < -0.4 is 0 Å². The topological polar surface area (TPSA) is 29.5 Å². The van der Waals surface area contributed by atoms with Crippen molar-refractivity contribution in [3.63, 3.8) is 0 Å². The first-order valence-corrected chi connectivity index (χ1v) is 7.55. The minimum absolute atomic E-state index is 0.0854. The van der Waals surface area contributed by atoms with Crippen molar-refractivity contribution in [3.8, 4) is 0 Å². The molecule has 1 aromatic carbocycles. The fourth-order valence-corrected chi connectivity index (χ4v) is 2.63. The third-order valence-corrected chi connectivity index (χ3v) is 3.80. The number of halogens is 4. The predicted molar refractivity (Wildman–Crippen MR) is 76.2 cm³/mol. The zero-order valence-electron chi connectivity index (χ0n) is 12.7. The van der Waals surface area contributed by atoms with Crippen LogP contribution in [0.25, 0.3) is 0 Å². The molecule has 1 aliphatic rings. The summed E-state index contributed by atoms with van der Waals surface area (Å²) in [5.74, 6) is -1.16. The molecule has 1 heterocycles. The smallest absolute Gasteiger partial charge is 0.347 e. The Morgan fingerprint density at radius 1 is 1.35 bits per heavy atom. The van der Waals surface area contributed by atoms with E-state index in [0.29, 0.717) is 23.3 Å². The van der Waals surface area contributed by atoms with E-state index in [1.807, 2.05) is 6.92 Å². The molecular formula is C16H19F4NO2. The lowest BCUT2D eigenvalue weighted by molar-refractivity contribution is -0.241. The fraction of sp³-hybridized carbons (Fsp3) is 0.562. The van der Waals surface area contributed by atoms with E-state index in [2.05, 4.69) is 0 Å². The molecule has 128 valence electrons. The highest BCUT2D eigenvalue weighted by molar-refractivity contribution is 5.81. The van der Waals surface area contributed by atoms with Gasteiger partial charge < -0.3 is 4.74 Å². The maximum absolute atomic E-state index is 14.1. The quantitative estimate of drug-likeness (QED) is 0.762. The summed E-state index contributed by atoms with van der Waals surface area (Å²) < 4.78 is 58.3. The number of unbranched alkanes of at least 4 members (excludes halogenated alkanes) is 1. The lowest BCUT2D eigenvalue weighted by Crippen LogP contribution is -2.49. The summed E-state index contributed by atoms with van der Waals surface area (Å²) in [6, 6.07) is 7.30. The van der Waals surface area contributed by atoms with Gasteiger partial charge in [0.1, 0.15) is 0 Å². The van der Waals surface area contributed by atoms with Gasteiger partial charge in [-0.25, -0.2) is 4.39 Å². The molecule has 1 saturated heterocycles. The molecular weight excluding hydrogens is 314 g/mol. The first-order valence-electron chi connectivity index (χ1n) is 7.55. The van der Waals surface area contributed by atoms with Gasteiger partial charge in [-0.05, 0) is 12.0 Å². The predicted octanol–water partition coefficient (Wildman–Crippen LogP) is 4.00. The molecule has 0 aliphatic carbocycles.